The summed E-state index contributed by atoms with van der Waals surface area (Å²) in [6.07, 6.45) is 2.62. The Kier molecular flexibility index (Phi) is 11.3. The van der Waals surface area contributed by atoms with E-state index >= 15 is 0 Å². The van der Waals surface area contributed by atoms with Gasteiger partial charge in [-0.3, -0.25) is 0 Å². The Balaban J connectivity index is 4.08. The van der Waals surface area contributed by atoms with Crippen LogP contribution >= 0.6 is 0 Å². The van der Waals surface area contributed by atoms with Gasteiger partial charge in [-0.05, 0) is 44.1 Å². The third-order valence-electron chi connectivity index (χ3n) is 4.02. The molecular weight excluding hydrogens is 264 g/mol. The normalized spacial score (nSPS) is 14.7. The van der Waals surface area contributed by atoms with Crippen molar-refractivity contribution in [3.05, 3.63) is 0 Å². The van der Waals surface area contributed by atoms with Crippen LogP contribution in [-0.2, 0) is 0 Å². The lowest BCUT2D eigenvalue weighted by molar-refractivity contribution is 0.360. The molecule has 0 N–H and O–H groups in total. The molecule has 0 amide bonds. The van der Waals surface area contributed by atoms with Crippen LogP contribution in [0.5, 0.6) is 0 Å². The minimum atomic E-state index is -0.661. The molecule has 2 nitrogen and oxygen atoms in total. The van der Waals surface area contributed by atoms with Gasteiger partial charge < -0.3 is 9.13 Å². The first kappa shape index (κ1) is 19.4. The van der Waals surface area contributed by atoms with Crippen molar-refractivity contribution >= 4 is 18.6 Å². The fourth-order valence-corrected chi connectivity index (χ4v) is 9.52. The molecule has 1 unspecified atom stereocenters. The van der Waals surface area contributed by atoms with Crippen LogP contribution in [0, 0.1) is 0 Å². The lowest BCUT2D eigenvalue weighted by Crippen LogP contribution is -2.43. The van der Waals surface area contributed by atoms with E-state index < -0.39 is 8.96 Å². The molecule has 0 radical (unpaired) electrons. The standard InChI is InChI=1S/C15H38N2Si2/c1-8-10-16(14(3)4)18-12-13-19(7)17(11-9-2)15(5)6/h14-15,19H,8-13,18H2,1-7H3. The number of nitrogens with zero attached hydrogens (tertiary/aromatic N) is 2. The first-order valence-electron chi connectivity index (χ1n) is 8.43. The van der Waals surface area contributed by atoms with Gasteiger partial charge in [0.25, 0.3) is 0 Å². The van der Waals surface area contributed by atoms with Gasteiger partial charge >= 0.3 is 0 Å². The molecule has 0 aromatic carbocycles. The minimum absolute atomic E-state index is 0.00507. The first-order chi connectivity index (χ1) is 8.93. The predicted molar refractivity (Wildman–Crippen MR) is 95.4 cm³/mol. The smallest absolute Gasteiger partial charge is 0.108 e. The van der Waals surface area contributed by atoms with Gasteiger partial charge in [0, 0.05) is 0 Å². The topological polar surface area (TPSA) is 6.48 Å². The minimum Gasteiger partial charge on any atom is -0.327 e. The molecule has 0 heterocycles. The van der Waals surface area contributed by atoms with Crippen molar-refractivity contribution < 1.29 is 0 Å². The molecule has 0 rings (SSSR count). The maximum atomic E-state index is 2.81. The Hall–Kier alpha value is 0.354. The summed E-state index contributed by atoms with van der Waals surface area (Å²) in [7, 11) is -0.667. The summed E-state index contributed by atoms with van der Waals surface area (Å²) >= 11 is 0. The molecule has 0 fully saturated rings. The van der Waals surface area contributed by atoms with Gasteiger partial charge in [0.15, 0.2) is 0 Å². The monoisotopic (exact) mass is 302 g/mol. The van der Waals surface area contributed by atoms with Crippen LogP contribution in [0.1, 0.15) is 54.4 Å². The van der Waals surface area contributed by atoms with Gasteiger partial charge in [0.1, 0.15) is 8.96 Å². The Morgan fingerprint density at radius 1 is 0.947 bits per heavy atom. The summed E-state index contributed by atoms with van der Waals surface area (Å²) in [5, 5.41) is 0. The molecule has 0 saturated carbocycles. The molecule has 0 aliphatic heterocycles. The fraction of sp³-hybridized carbons (Fsp3) is 1.00. The number of hydrogen-bond donors (Lipinski definition) is 0. The second-order valence-corrected chi connectivity index (χ2v) is 11.4. The summed E-state index contributed by atoms with van der Waals surface area (Å²) in [5.74, 6) is 0. The van der Waals surface area contributed by atoms with Crippen LogP contribution in [0.3, 0.4) is 0 Å². The summed E-state index contributed by atoms with van der Waals surface area (Å²) in [6, 6.07) is 4.57. The zero-order valence-electron chi connectivity index (χ0n) is 14.6. The molecule has 0 bridgehead atoms. The molecular formula is C15H38N2Si2. The van der Waals surface area contributed by atoms with Crippen LogP contribution in [0.25, 0.3) is 0 Å². The zero-order chi connectivity index (χ0) is 14.8. The summed E-state index contributed by atoms with van der Waals surface area (Å²) in [4.78, 5) is 0. The van der Waals surface area contributed by atoms with Crippen LogP contribution < -0.4 is 0 Å². The third kappa shape index (κ3) is 8.28. The molecule has 4 heteroatoms. The lowest BCUT2D eigenvalue weighted by Gasteiger charge is -2.32. The van der Waals surface area contributed by atoms with E-state index in [1.165, 1.54) is 38.0 Å². The van der Waals surface area contributed by atoms with E-state index in [0.717, 1.165) is 12.1 Å². The number of hydrogen-bond acceptors (Lipinski definition) is 2. The average molecular weight is 303 g/mol. The van der Waals surface area contributed by atoms with E-state index in [0.29, 0.717) is 0 Å². The van der Waals surface area contributed by atoms with E-state index in [4.69, 9.17) is 0 Å². The second-order valence-electron chi connectivity index (χ2n) is 6.45. The summed E-state index contributed by atoms with van der Waals surface area (Å²) < 4.78 is 5.59. The van der Waals surface area contributed by atoms with Crippen molar-refractivity contribution in [2.45, 2.75) is 85.1 Å². The molecule has 0 saturated heterocycles. The maximum absolute atomic E-state index is 2.81. The largest absolute Gasteiger partial charge is 0.327 e. The van der Waals surface area contributed by atoms with Gasteiger partial charge in [0.05, 0.1) is 9.68 Å². The summed E-state index contributed by atoms with van der Waals surface area (Å²) in [5.41, 5.74) is 0. The first-order valence-corrected chi connectivity index (χ1v) is 12.6. The van der Waals surface area contributed by atoms with Gasteiger partial charge in [-0.15, -0.1) is 0 Å². The molecule has 0 aromatic heterocycles. The molecule has 0 aliphatic rings. The van der Waals surface area contributed by atoms with Gasteiger partial charge in [0.2, 0.25) is 0 Å². The van der Waals surface area contributed by atoms with Crippen molar-refractivity contribution in [2.75, 3.05) is 13.1 Å². The molecule has 0 spiro atoms. The Morgan fingerprint density at radius 3 is 1.95 bits per heavy atom. The molecule has 116 valence electrons. The molecule has 19 heavy (non-hydrogen) atoms. The van der Waals surface area contributed by atoms with Crippen LogP contribution in [0.2, 0.25) is 18.6 Å². The van der Waals surface area contributed by atoms with Crippen molar-refractivity contribution in [2.24, 2.45) is 0 Å². The highest BCUT2D eigenvalue weighted by Gasteiger charge is 2.18. The van der Waals surface area contributed by atoms with Crippen LogP contribution in [0.4, 0.5) is 0 Å². The van der Waals surface area contributed by atoms with Crippen molar-refractivity contribution in [3.8, 4) is 0 Å². The van der Waals surface area contributed by atoms with Crippen molar-refractivity contribution in [3.63, 3.8) is 0 Å². The summed E-state index contributed by atoms with van der Waals surface area (Å²) in [6.45, 7) is 19.3. The Bertz CT molecular complexity index is 210. The van der Waals surface area contributed by atoms with E-state index in [-0.39, 0.29) is 9.68 Å². The molecule has 1 atom stereocenters. The van der Waals surface area contributed by atoms with Crippen LogP contribution in [0.15, 0.2) is 0 Å². The van der Waals surface area contributed by atoms with E-state index in [2.05, 4.69) is 57.2 Å². The van der Waals surface area contributed by atoms with Gasteiger partial charge in [-0.25, -0.2) is 0 Å². The second kappa shape index (κ2) is 11.1. The highest BCUT2D eigenvalue weighted by molar-refractivity contribution is 6.55. The van der Waals surface area contributed by atoms with Gasteiger partial charge in [-0.2, -0.15) is 0 Å². The third-order valence-corrected chi connectivity index (χ3v) is 10.4. The zero-order valence-corrected chi connectivity index (χ0v) is 17.1. The Labute approximate surface area is 126 Å². The molecule has 0 aliphatic carbocycles. The van der Waals surface area contributed by atoms with E-state index in [1.807, 2.05) is 0 Å². The van der Waals surface area contributed by atoms with Crippen LogP contribution in [-0.4, -0.2) is 52.9 Å². The van der Waals surface area contributed by atoms with Crippen molar-refractivity contribution in [1.82, 2.24) is 9.13 Å². The van der Waals surface area contributed by atoms with Gasteiger partial charge in [-0.1, -0.05) is 54.1 Å². The SMILES string of the molecule is CCCN([SiH2]CC[SiH](C)N(CCC)C(C)C)C(C)C. The maximum Gasteiger partial charge on any atom is 0.108 e. The van der Waals surface area contributed by atoms with Crippen molar-refractivity contribution in [1.29, 1.82) is 0 Å². The highest BCUT2D eigenvalue weighted by Crippen LogP contribution is 2.11. The Morgan fingerprint density at radius 2 is 1.53 bits per heavy atom. The highest BCUT2D eigenvalue weighted by atomic mass is 28.3. The fourth-order valence-electron chi connectivity index (χ4n) is 2.92. The van der Waals surface area contributed by atoms with E-state index in [9.17, 15) is 0 Å². The number of rotatable bonds is 11. The average Bonchev–Trinajstić information content (AvgIpc) is 2.33. The van der Waals surface area contributed by atoms with E-state index in [1.54, 1.807) is 0 Å². The lowest BCUT2D eigenvalue weighted by atomic mass is 10.4. The quantitative estimate of drug-likeness (QED) is 0.541. The predicted octanol–water partition coefficient (Wildman–Crippen LogP) is 3.08. The molecule has 0 aromatic rings.